The molecule has 5 rings (SSSR count). The van der Waals surface area contributed by atoms with Crippen molar-refractivity contribution >= 4 is 15.9 Å². The summed E-state index contributed by atoms with van der Waals surface area (Å²) in [4.78, 5) is 0.135. The summed E-state index contributed by atoms with van der Waals surface area (Å²) in [5, 5.41) is 0. The first kappa shape index (κ1) is 29.6. The summed E-state index contributed by atoms with van der Waals surface area (Å²) in [7, 11) is -4.05. The normalized spacial score (nSPS) is 13.1. The monoisotopic (exact) mass is 576 g/mol. The fraction of sp³-hybridized carbons (Fsp3) is 0.263. The van der Waals surface area contributed by atoms with Crippen LogP contribution in [-0.4, -0.2) is 8.42 Å². The molecule has 1 aromatic rings. The van der Waals surface area contributed by atoms with Crippen molar-refractivity contribution in [2.24, 2.45) is 0 Å². The molecule has 0 saturated carbocycles. The third-order valence-corrected chi connectivity index (χ3v) is 9.16. The van der Waals surface area contributed by atoms with Crippen LogP contribution in [-0.2, 0) is 31.6 Å². The van der Waals surface area contributed by atoms with E-state index in [9.17, 15) is 8.42 Å². The second-order valence-electron chi connectivity index (χ2n) is 13.2. The SMILES string of the molecule is Cc1ccc(S(=O)(=O)OC(=CCc2ccc3ccc(C(C)(C)C)ccc2-3)c2ccc3ccc(C(C)(C)C)ccc2-3)cc1. The van der Waals surface area contributed by atoms with Crippen LogP contribution in [0.5, 0.6) is 0 Å². The van der Waals surface area contributed by atoms with E-state index < -0.39 is 10.1 Å². The van der Waals surface area contributed by atoms with Crippen LogP contribution in [0.25, 0.3) is 28.0 Å². The van der Waals surface area contributed by atoms with E-state index >= 15 is 0 Å². The van der Waals surface area contributed by atoms with Crippen LogP contribution in [0.4, 0.5) is 0 Å². The van der Waals surface area contributed by atoms with E-state index in [1.54, 1.807) is 24.3 Å². The maximum absolute atomic E-state index is 13.5. The lowest BCUT2D eigenvalue weighted by Crippen LogP contribution is -2.09. The molecule has 0 aliphatic heterocycles. The minimum absolute atomic E-state index is 0.0115. The molecule has 42 heavy (non-hydrogen) atoms. The first-order valence-corrected chi connectivity index (χ1v) is 15.9. The second-order valence-corrected chi connectivity index (χ2v) is 14.8. The minimum atomic E-state index is -4.05. The number of fused-ring (bicyclic) bond motifs is 2. The minimum Gasteiger partial charge on any atom is -0.379 e. The van der Waals surface area contributed by atoms with E-state index in [4.69, 9.17) is 4.18 Å². The molecule has 0 saturated heterocycles. The van der Waals surface area contributed by atoms with Crippen molar-refractivity contribution < 1.29 is 12.6 Å². The number of benzene rings is 1. The van der Waals surface area contributed by atoms with E-state index in [2.05, 4.69) is 102 Å². The molecule has 3 nitrogen and oxygen atoms in total. The number of rotatable bonds is 6. The van der Waals surface area contributed by atoms with Crippen molar-refractivity contribution in [1.29, 1.82) is 0 Å². The van der Waals surface area contributed by atoms with Gasteiger partial charge >= 0.3 is 10.1 Å². The highest BCUT2D eigenvalue weighted by Crippen LogP contribution is 2.37. The summed E-state index contributed by atoms with van der Waals surface area (Å²) in [6.45, 7) is 15.1. The van der Waals surface area contributed by atoms with Gasteiger partial charge in [0.1, 0.15) is 10.7 Å². The van der Waals surface area contributed by atoms with Gasteiger partial charge in [-0.05, 0) is 87.4 Å². The van der Waals surface area contributed by atoms with Gasteiger partial charge in [0.15, 0.2) is 0 Å². The third-order valence-electron chi connectivity index (χ3n) is 7.91. The largest absolute Gasteiger partial charge is 0.379 e. The average molecular weight is 577 g/mol. The van der Waals surface area contributed by atoms with Gasteiger partial charge in [0.25, 0.3) is 0 Å². The lowest BCUT2D eigenvalue weighted by atomic mass is 9.88. The van der Waals surface area contributed by atoms with E-state index in [-0.39, 0.29) is 15.7 Å². The highest BCUT2D eigenvalue weighted by molar-refractivity contribution is 7.87. The zero-order valence-electron chi connectivity index (χ0n) is 25.7. The Labute approximate surface area is 251 Å². The van der Waals surface area contributed by atoms with Crippen LogP contribution in [0.2, 0.25) is 0 Å². The van der Waals surface area contributed by atoms with Gasteiger partial charge in [0, 0.05) is 5.56 Å². The quantitative estimate of drug-likeness (QED) is 0.149. The Morgan fingerprint density at radius 1 is 0.643 bits per heavy atom. The molecular weight excluding hydrogens is 536 g/mol. The predicted molar refractivity (Wildman–Crippen MR) is 175 cm³/mol. The van der Waals surface area contributed by atoms with Crippen LogP contribution in [0, 0.1) is 6.92 Å². The van der Waals surface area contributed by atoms with Gasteiger partial charge in [-0.3, -0.25) is 0 Å². The van der Waals surface area contributed by atoms with Crippen molar-refractivity contribution in [2.75, 3.05) is 0 Å². The Morgan fingerprint density at radius 3 is 1.74 bits per heavy atom. The molecule has 0 atom stereocenters. The van der Waals surface area contributed by atoms with E-state index in [0.29, 0.717) is 12.2 Å². The van der Waals surface area contributed by atoms with Crippen LogP contribution >= 0.6 is 0 Å². The molecule has 4 heteroatoms. The summed E-state index contributed by atoms with van der Waals surface area (Å²) in [5.74, 6) is 0.333. The smallest absolute Gasteiger partial charge is 0.339 e. The molecular formula is C38H40O3S. The first-order chi connectivity index (χ1) is 19.7. The molecule has 0 spiro atoms. The molecule has 0 N–H and O–H groups in total. The maximum atomic E-state index is 13.5. The highest BCUT2D eigenvalue weighted by Gasteiger charge is 2.23. The summed E-state index contributed by atoms with van der Waals surface area (Å²) >= 11 is 0. The summed E-state index contributed by atoms with van der Waals surface area (Å²) < 4.78 is 33.0. The van der Waals surface area contributed by atoms with Gasteiger partial charge < -0.3 is 4.18 Å². The zero-order chi connectivity index (χ0) is 30.3. The Hall–Kier alpha value is -3.89. The highest BCUT2D eigenvalue weighted by atomic mass is 32.2. The summed E-state index contributed by atoms with van der Waals surface area (Å²) in [5.41, 5.74) is 9.65. The number of hydrogen-bond donors (Lipinski definition) is 0. The molecule has 4 aliphatic rings. The van der Waals surface area contributed by atoms with Gasteiger partial charge in [-0.15, -0.1) is 0 Å². The summed E-state index contributed by atoms with van der Waals surface area (Å²) in [6, 6.07) is 32.1. The van der Waals surface area contributed by atoms with Gasteiger partial charge in [-0.1, -0.05) is 126 Å². The van der Waals surface area contributed by atoms with Crippen molar-refractivity contribution in [3.8, 4) is 22.3 Å². The average Bonchev–Trinajstić information content (AvgIpc) is 3.31. The Kier molecular flexibility index (Phi) is 7.80. The van der Waals surface area contributed by atoms with Gasteiger partial charge in [0.2, 0.25) is 0 Å². The van der Waals surface area contributed by atoms with Gasteiger partial charge in [0.05, 0.1) is 0 Å². The predicted octanol–water partition coefficient (Wildman–Crippen LogP) is 9.79. The van der Waals surface area contributed by atoms with Crippen molar-refractivity contribution in [3.05, 3.63) is 131 Å². The topological polar surface area (TPSA) is 43.4 Å². The third kappa shape index (κ3) is 6.29. The molecule has 0 heterocycles. The molecule has 0 bridgehead atoms. The standard InChI is InChI=1S/C38H40O3S/c1-26-8-20-32(21-9-26)42(39,40)41-36(35-22-14-29-13-17-31(38(5,6)7)19-24-34(29)35)25-15-28-11-10-27-12-16-30(37(2,3)4)18-23-33(27)28/h8-14,16-25H,15H2,1-7H3. The van der Waals surface area contributed by atoms with Crippen LogP contribution < -0.4 is 0 Å². The lowest BCUT2D eigenvalue weighted by molar-refractivity contribution is 0.463. The number of aryl methyl sites for hydroxylation is 1. The molecule has 0 unspecified atom stereocenters. The van der Waals surface area contributed by atoms with Crippen molar-refractivity contribution in [1.82, 2.24) is 0 Å². The molecule has 0 radical (unpaired) electrons. The number of allylic oxidation sites excluding steroid dienone is 1. The molecule has 216 valence electrons. The van der Waals surface area contributed by atoms with Crippen molar-refractivity contribution in [3.63, 3.8) is 0 Å². The van der Waals surface area contributed by atoms with Crippen LogP contribution in [0.15, 0.2) is 108 Å². The summed E-state index contributed by atoms with van der Waals surface area (Å²) in [6.07, 6.45) is 2.43. The van der Waals surface area contributed by atoms with Gasteiger partial charge in [-0.25, -0.2) is 0 Å². The van der Waals surface area contributed by atoms with Crippen LogP contribution in [0.1, 0.15) is 69.4 Å². The fourth-order valence-electron chi connectivity index (χ4n) is 5.22. The number of hydrogen-bond acceptors (Lipinski definition) is 3. The fourth-order valence-corrected chi connectivity index (χ4v) is 6.18. The molecule has 1 aromatic carbocycles. The second kappa shape index (κ2) is 11.1. The van der Waals surface area contributed by atoms with Crippen molar-refractivity contribution in [2.45, 2.75) is 70.6 Å². The molecule has 0 aromatic heterocycles. The first-order valence-electron chi connectivity index (χ1n) is 14.5. The van der Waals surface area contributed by atoms with Gasteiger partial charge in [-0.2, -0.15) is 8.42 Å². The molecule has 0 amide bonds. The van der Waals surface area contributed by atoms with E-state index in [1.807, 2.05) is 25.1 Å². The van der Waals surface area contributed by atoms with Crippen LogP contribution in [0.3, 0.4) is 0 Å². The zero-order valence-corrected chi connectivity index (χ0v) is 26.5. The Balaban J connectivity index is 1.59. The van der Waals surface area contributed by atoms with E-state index in [0.717, 1.165) is 38.9 Å². The lowest BCUT2D eigenvalue weighted by Gasteiger charge is -2.17. The Morgan fingerprint density at radius 2 is 1.14 bits per heavy atom. The Bertz CT molecular complexity index is 1800. The van der Waals surface area contributed by atoms with E-state index in [1.165, 1.54) is 11.1 Å². The molecule has 0 fully saturated rings. The maximum Gasteiger partial charge on any atom is 0.339 e. The molecule has 4 aliphatic carbocycles.